The number of carbonyl (C=O) groups excluding carboxylic acids is 3. The van der Waals surface area contributed by atoms with Gasteiger partial charge < -0.3 is 4.42 Å². The smallest absolute Gasteiger partial charge is 0.262 e. The number of halogens is 1. The molecule has 3 heterocycles. The van der Waals surface area contributed by atoms with Crippen molar-refractivity contribution in [3.63, 3.8) is 0 Å². The number of benzene rings is 2. The lowest BCUT2D eigenvalue weighted by Gasteiger charge is -2.21. The molecule has 9 heteroatoms. The summed E-state index contributed by atoms with van der Waals surface area (Å²) in [6.07, 6.45) is 1.48. The number of anilines is 1. The highest BCUT2D eigenvalue weighted by atomic mass is 32.1. The zero-order valence-corrected chi connectivity index (χ0v) is 16.8. The molecule has 0 atom stereocenters. The molecule has 154 valence electrons. The van der Waals surface area contributed by atoms with E-state index in [1.54, 1.807) is 36.4 Å². The first-order valence-corrected chi connectivity index (χ1v) is 10.2. The summed E-state index contributed by atoms with van der Waals surface area (Å²) in [5.74, 6) is -1.44. The second kappa shape index (κ2) is 7.44. The van der Waals surface area contributed by atoms with Crippen LogP contribution in [0.4, 0.5) is 9.52 Å². The van der Waals surface area contributed by atoms with Crippen molar-refractivity contribution < 1.29 is 23.2 Å². The molecule has 0 bridgehead atoms. The van der Waals surface area contributed by atoms with Gasteiger partial charge in [0, 0.05) is 0 Å². The molecule has 1 aliphatic heterocycles. The van der Waals surface area contributed by atoms with Gasteiger partial charge in [0.1, 0.15) is 18.1 Å². The fraction of sp³-hybridized carbons (Fsp3) is 0.0909. The molecule has 7 nitrogen and oxygen atoms in total. The number of nitrogens with zero attached hydrogens (tertiary/aromatic N) is 3. The Bertz CT molecular complexity index is 1300. The topological polar surface area (TPSA) is 83.7 Å². The van der Waals surface area contributed by atoms with Crippen LogP contribution >= 0.6 is 11.3 Å². The van der Waals surface area contributed by atoms with Gasteiger partial charge >= 0.3 is 0 Å². The first-order chi connectivity index (χ1) is 15.0. The van der Waals surface area contributed by atoms with Gasteiger partial charge in [0.05, 0.1) is 34.2 Å². The van der Waals surface area contributed by atoms with Crippen LogP contribution in [0.15, 0.2) is 65.3 Å². The van der Waals surface area contributed by atoms with Crippen molar-refractivity contribution in [3.8, 4) is 0 Å². The molecule has 2 aromatic carbocycles. The lowest BCUT2D eigenvalue weighted by atomic mass is 10.1. The van der Waals surface area contributed by atoms with E-state index in [9.17, 15) is 18.8 Å². The number of rotatable bonds is 5. The number of amides is 3. The molecular formula is C22H14FN3O4S. The number of furan rings is 1. The van der Waals surface area contributed by atoms with Crippen LogP contribution in [0.2, 0.25) is 0 Å². The Morgan fingerprint density at radius 3 is 2.48 bits per heavy atom. The zero-order valence-electron chi connectivity index (χ0n) is 15.9. The molecule has 0 saturated heterocycles. The van der Waals surface area contributed by atoms with Crippen LogP contribution < -0.4 is 4.90 Å². The maximum Gasteiger partial charge on any atom is 0.262 e. The highest BCUT2D eigenvalue weighted by Crippen LogP contribution is 2.31. The molecule has 0 N–H and O–H groups in total. The molecule has 0 radical (unpaired) electrons. The largest absolute Gasteiger partial charge is 0.467 e. The summed E-state index contributed by atoms with van der Waals surface area (Å²) in [6, 6.07) is 14.0. The van der Waals surface area contributed by atoms with Crippen molar-refractivity contribution in [2.75, 3.05) is 11.4 Å². The van der Waals surface area contributed by atoms with Crippen LogP contribution in [0.5, 0.6) is 0 Å². The minimum absolute atomic E-state index is 0.0529. The fourth-order valence-electron chi connectivity index (χ4n) is 3.43. The molecule has 0 unspecified atom stereocenters. The van der Waals surface area contributed by atoms with Crippen molar-refractivity contribution in [2.45, 2.75) is 6.54 Å². The van der Waals surface area contributed by atoms with Crippen molar-refractivity contribution in [2.24, 2.45) is 0 Å². The Kier molecular flexibility index (Phi) is 4.59. The van der Waals surface area contributed by atoms with E-state index in [0.717, 1.165) is 16.2 Å². The number of aromatic nitrogens is 1. The second-order valence-electron chi connectivity index (χ2n) is 6.91. The van der Waals surface area contributed by atoms with Crippen LogP contribution in [0.1, 0.15) is 26.5 Å². The molecule has 0 spiro atoms. The molecular weight excluding hydrogens is 421 g/mol. The van der Waals surface area contributed by atoms with Crippen LogP contribution in [-0.2, 0) is 11.3 Å². The Balaban J connectivity index is 1.47. The average molecular weight is 435 g/mol. The number of carbonyl (C=O) groups is 3. The van der Waals surface area contributed by atoms with Crippen molar-refractivity contribution in [1.82, 2.24) is 9.88 Å². The van der Waals surface area contributed by atoms with Crippen LogP contribution in [0, 0.1) is 5.82 Å². The zero-order chi connectivity index (χ0) is 21.5. The van der Waals surface area contributed by atoms with E-state index in [0.29, 0.717) is 21.1 Å². The quantitative estimate of drug-likeness (QED) is 0.445. The summed E-state index contributed by atoms with van der Waals surface area (Å²) in [5, 5.41) is 0.318. The third-order valence-electron chi connectivity index (χ3n) is 4.94. The first-order valence-electron chi connectivity index (χ1n) is 9.35. The number of hydrogen-bond donors (Lipinski definition) is 0. The first kappa shape index (κ1) is 19.1. The number of thiazole rings is 1. The van der Waals surface area contributed by atoms with Gasteiger partial charge in [-0.25, -0.2) is 9.37 Å². The van der Waals surface area contributed by atoms with Gasteiger partial charge in [-0.15, -0.1) is 0 Å². The predicted molar refractivity (Wildman–Crippen MR) is 111 cm³/mol. The summed E-state index contributed by atoms with van der Waals surface area (Å²) in [4.78, 5) is 45.3. The van der Waals surface area contributed by atoms with Gasteiger partial charge in [0.15, 0.2) is 5.13 Å². The van der Waals surface area contributed by atoms with Crippen LogP contribution in [0.3, 0.4) is 0 Å². The second-order valence-corrected chi connectivity index (χ2v) is 7.92. The minimum Gasteiger partial charge on any atom is -0.467 e. The van der Waals surface area contributed by atoms with Crippen LogP contribution in [-0.4, -0.2) is 34.2 Å². The van der Waals surface area contributed by atoms with Gasteiger partial charge in [-0.05, 0) is 42.5 Å². The lowest BCUT2D eigenvalue weighted by molar-refractivity contribution is -0.119. The van der Waals surface area contributed by atoms with Gasteiger partial charge in [0.2, 0.25) is 5.91 Å². The van der Waals surface area contributed by atoms with Gasteiger partial charge in [-0.3, -0.25) is 24.2 Å². The third-order valence-corrected chi connectivity index (χ3v) is 5.98. The summed E-state index contributed by atoms with van der Waals surface area (Å²) in [7, 11) is 0. The standard InChI is InChI=1S/C22H14FN3O4S/c23-13-7-8-17-18(10-13)31-22(24-17)25(11-14-4-3-9-30-14)19(27)12-26-20(28)15-5-1-2-6-16(15)21(26)29/h1-10H,11-12H2. The van der Waals surface area contributed by atoms with Crippen molar-refractivity contribution in [3.05, 3.63) is 83.6 Å². The number of fused-ring (bicyclic) bond motifs is 2. The Labute approximate surface area is 179 Å². The summed E-state index contributed by atoms with van der Waals surface area (Å²) < 4.78 is 19.5. The lowest BCUT2D eigenvalue weighted by Crippen LogP contribution is -2.42. The molecule has 3 amide bonds. The van der Waals surface area contributed by atoms with E-state index in [4.69, 9.17) is 4.42 Å². The van der Waals surface area contributed by atoms with Gasteiger partial charge in [0.25, 0.3) is 11.8 Å². The molecule has 1 aliphatic rings. The van der Waals surface area contributed by atoms with E-state index in [1.807, 2.05) is 0 Å². The van der Waals surface area contributed by atoms with Crippen molar-refractivity contribution >= 4 is 44.4 Å². The summed E-state index contributed by atoms with van der Waals surface area (Å²) in [5.41, 5.74) is 1.08. The number of imide groups is 1. The van der Waals surface area contributed by atoms with E-state index in [2.05, 4.69) is 4.98 Å². The SMILES string of the molecule is O=C1c2ccccc2C(=O)N1CC(=O)N(Cc1ccco1)c1nc2ccc(F)cc2s1. The van der Waals surface area contributed by atoms with Crippen LogP contribution in [0.25, 0.3) is 10.2 Å². The maximum atomic E-state index is 13.6. The van der Waals surface area contributed by atoms with E-state index < -0.39 is 30.1 Å². The van der Waals surface area contributed by atoms with E-state index in [1.165, 1.54) is 29.4 Å². The molecule has 5 rings (SSSR count). The molecule has 0 aliphatic carbocycles. The normalized spacial score (nSPS) is 13.1. The molecule has 4 aromatic rings. The summed E-state index contributed by atoms with van der Waals surface area (Å²) in [6.45, 7) is -0.394. The molecule has 0 saturated carbocycles. The van der Waals surface area contributed by atoms with Gasteiger partial charge in [-0.2, -0.15) is 0 Å². The Hall–Kier alpha value is -3.85. The summed E-state index contributed by atoms with van der Waals surface area (Å²) >= 11 is 1.14. The van der Waals surface area contributed by atoms with E-state index in [-0.39, 0.29) is 17.7 Å². The van der Waals surface area contributed by atoms with Crippen molar-refractivity contribution in [1.29, 1.82) is 0 Å². The number of hydrogen-bond acceptors (Lipinski definition) is 6. The molecule has 0 fully saturated rings. The maximum absolute atomic E-state index is 13.6. The molecule has 2 aromatic heterocycles. The highest BCUT2D eigenvalue weighted by molar-refractivity contribution is 7.22. The van der Waals surface area contributed by atoms with Gasteiger partial charge in [-0.1, -0.05) is 23.5 Å². The Morgan fingerprint density at radius 2 is 1.81 bits per heavy atom. The minimum atomic E-state index is -0.515. The molecule has 31 heavy (non-hydrogen) atoms. The predicted octanol–water partition coefficient (Wildman–Crippen LogP) is 3.86. The monoisotopic (exact) mass is 435 g/mol. The highest BCUT2D eigenvalue weighted by Gasteiger charge is 2.37. The fourth-order valence-corrected chi connectivity index (χ4v) is 4.43. The Morgan fingerprint density at radius 1 is 1.06 bits per heavy atom. The van der Waals surface area contributed by atoms with E-state index >= 15 is 0 Å². The average Bonchev–Trinajstić information content (AvgIpc) is 3.48. The third kappa shape index (κ3) is 3.38.